The van der Waals surface area contributed by atoms with Crippen molar-refractivity contribution in [1.82, 2.24) is 0 Å². The number of carbonyl (C=O) groups is 1. The monoisotopic (exact) mass is 449 g/mol. The Labute approximate surface area is 163 Å². The Bertz CT molecular complexity index is 557. The normalized spacial score (nSPS) is 11.8. The third-order valence-corrected chi connectivity index (χ3v) is 3.81. The zero-order valence-electron chi connectivity index (χ0n) is 16.1. The molecule has 1 rings (SSSR count). The number of ether oxygens (including phenoxy) is 1. The number of likely N-dealkylation sites (N-methyl/N-ethyl adjacent to an activating group) is 1. The summed E-state index contributed by atoms with van der Waals surface area (Å²) in [6.45, 7) is 9.37. The number of esters is 1. The van der Waals surface area contributed by atoms with Crippen molar-refractivity contribution in [2.45, 2.75) is 46.0 Å². The summed E-state index contributed by atoms with van der Waals surface area (Å²) in [7, 11) is 6.21. The molecule has 0 aliphatic carbocycles. The van der Waals surface area contributed by atoms with E-state index >= 15 is 0 Å². The van der Waals surface area contributed by atoms with E-state index in [4.69, 9.17) is 4.74 Å². The van der Waals surface area contributed by atoms with Gasteiger partial charge in [-0.2, -0.15) is 0 Å². The molecule has 0 aliphatic heterocycles. The molecule has 5 heteroatoms. The lowest BCUT2D eigenvalue weighted by atomic mass is 9.83. The van der Waals surface area contributed by atoms with Crippen LogP contribution in [-0.2, 0) is 21.4 Å². The summed E-state index contributed by atoms with van der Waals surface area (Å²) in [5.74, 6) is 0.188. The van der Waals surface area contributed by atoms with Gasteiger partial charge in [0.05, 0.1) is 21.1 Å². The summed E-state index contributed by atoms with van der Waals surface area (Å²) >= 11 is 0. The van der Waals surface area contributed by atoms with Gasteiger partial charge in [0, 0.05) is 6.42 Å². The van der Waals surface area contributed by atoms with Crippen LogP contribution in [-0.4, -0.2) is 49.9 Å². The fourth-order valence-corrected chi connectivity index (χ4v) is 2.32. The highest BCUT2D eigenvalue weighted by molar-refractivity contribution is 5.69. The molecule has 1 N–H and O–H groups in total. The minimum absolute atomic E-state index is 0. The molecule has 4 nitrogen and oxygen atoms in total. The van der Waals surface area contributed by atoms with Crippen LogP contribution in [0.25, 0.3) is 0 Å². The number of phenolic OH excluding ortho intramolecular Hbond substituents is 1. The Morgan fingerprint density at radius 1 is 1.21 bits per heavy atom. The number of carbonyl (C=O) groups excluding carboxylic acids is 1. The van der Waals surface area contributed by atoms with Crippen molar-refractivity contribution in [3.8, 4) is 5.75 Å². The topological polar surface area (TPSA) is 46.5 Å². The molecule has 0 atom stereocenters. The van der Waals surface area contributed by atoms with Gasteiger partial charge in [-0.25, -0.2) is 0 Å². The lowest BCUT2D eigenvalue weighted by Crippen LogP contribution is -3.00. The van der Waals surface area contributed by atoms with Gasteiger partial charge in [0.25, 0.3) is 0 Å². The van der Waals surface area contributed by atoms with Crippen molar-refractivity contribution in [1.29, 1.82) is 0 Å². The Kier molecular flexibility index (Phi) is 8.73. The molecular formula is C19H32INO3. The molecule has 0 aromatic heterocycles. The average molecular weight is 449 g/mol. The predicted octanol–water partition coefficient (Wildman–Crippen LogP) is 0.184. The van der Waals surface area contributed by atoms with Gasteiger partial charge in [-0.1, -0.05) is 32.9 Å². The van der Waals surface area contributed by atoms with Gasteiger partial charge in [-0.3, -0.25) is 4.79 Å². The summed E-state index contributed by atoms with van der Waals surface area (Å²) < 4.78 is 6.06. The van der Waals surface area contributed by atoms with E-state index in [0.717, 1.165) is 27.7 Å². The van der Waals surface area contributed by atoms with Crippen LogP contribution in [0.4, 0.5) is 0 Å². The molecule has 0 heterocycles. The van der Waals surface area contributed by atoms with Gasteiger partial charge in [0.1, 0.15) is 18.9 Å². The van der Waals surface area contributed by atoms with Gasteiger partial charge in [0.15, 0.2) is 0 Å². The number of aryl methyl sites for hydroxylation is 2. The summed E-state index contributed by atoms with van der Waals surface area (Å²) in [5.41, 5.74) is 2.71. The Morgan fingerprint density at radius 3 is 2.29 bits per heavy atom. The molecular weight excluding hydrogens is 417 g/mol. The van der Waals surface area contributed by atoms with Gasteiger partial charge < -0.3 is 38.3 Å². The number of hydrogen-bond donors (Lipinski definition) is 1. The van der Waals surface area contributed by atoms with Crippen LogP contribution in [0.3, 0.4) is 0 Å². The van der Waals surface area contributed by atoms with Crippen molar-refractivity contribution in [3.63, 3.8) is 0 Å². The summed E-state index contributed by atoms with van der Waals surface area (Å²) in [4.78, 5) is 11.9. The van der Waals surface area contributed by atoms with Crippen molar-refractivity contribution >= 4 is 5.97 Å². The van der Waals surface area contributed by atoms with Crippen molar-refractivity contribution in [2.75, 3.05) is 34.3 Å². The van der Waals surface area contributed by atoms with Crippen LogP contribution < -0.4 is 24.0 Å². The molecule has 1 aromatic carbocycles. The van der Waals surface area contributed by atoms with Crippen LogP contribution in [0.2, 0.25) is 0 Å². The molecule has 1 aromatic rings. The first-order chi connectivity index (χ1) is 10.4. The van der Waals surface area contributed by atoms with E-state index in [1.165, 1.54) is 0 Å². The van der Waals surface area contributed by atoms with E-state index in [9.17, 15) is 9.90 Å². The number of aromatic hydroxyl groups is 1. The first kappa shape index (κ1) is 23.2. The number of benzene rings is 1. The maximum absolute atomic E-state index is 11.9. The standard InChI is InChI=1S/C19H31NO3.HI/c1-14-12-15(13-16(18(14)22)19(2,3)4)8-9-17(21)23-11-10-20(5,6)7;/h12-13H,8-11H2,1-7H3;1H. The minimum Gasteiger partial charge on any atom is -1.00 e. The summed E-state index contributed by atoms with van der Waals surface area (Å²) in [5, 5.41) is 10.2. The Hall–Kier alpha value is -0.820. The molecule has 0 aliphatic rings. The van der Waals surface area contributed by atoms with Crippen LogP contribution in [0.1, 0.15) is 43.9 Å². The number of hydrogen-bond acceptors (Lipinski definition) is 3. The Balaban J connectivity index is 0.00000529. The second kappa shape index (κ2) is 9.04. The van der Waals surface area contributed by atoms with E-state index in [-0.39, 0.29) is 35.4 Å². The number of rotatable bonds is 6. The summed E-state index contributed by atoms with van der Waals surface area (Å²) in [6.07, 6.45) is 0.998. The van der Waals surface area contributed by atoms with E-state index in [1.807, 2.05) is 19.1 Å². The largest absolute Gasteiger partial charge is 1.00 e. The van der Waals surface area contributed by atoms with Crippen molar-refractivity contribution < 1.29 is 43.1 Å². The molecule has 0 saturated heterocycles. The smallest absolute Gasteiger partial charge is 0.306 e. The van der Waals surface area contributed by atoms with E-state index < -0.39 is 0 Å². The highest BCUT2D eigenvalue weighted by Gasteiger charge is 2.20. The molecule has 0 bridgehead atoms. The maximum atomic E-state index is 11.9. The third kappa shape index (κ3) is 7.83. The highest BCUT2D eigenvalue weighted by Crippen LogP contribution is 2.34. The van der Waals surface area contributed by atoms with Gasteiger partial charge in [-0.05, 0) is 35.4 Å². The number of halogens is 1. The first-order valence-corrected chi connectivity index (χ1v) is 8.19. The molecule has 0 radical (unpaired) electrons. The molecule has 0 spiro atoms. The molecule has 0 amide bonds. The second-order valence-corrected chi connectivity index (χ2v) is 8.29. The predicted molar refractivity (Wildman–Crippen MR) is 93.7 cm³/mol. The number of nitrogens with zero attached hydrogens (tertiary/aromatic N) is 1. The molecule has 0 saturated carbocycles. The molecule has 0 unspecified atom stereocenters. The number of phenols is 1. The van der Waals surface area contributed by atoms with Crippen LogP contribution in [0.5, 0.6) is 5.75 Å². The summed E-state index contributed by atoms with van der Waals surface area (Å²) in [6, 6.07) is 3.95. The van der Waals surface area contributed by atoms with E-state index in [2.05, 4.69) is 41.9 Å². The SMILES string of the molecule is Cc1cc(CCC(=O)OCC[N+](C)(C)C)cc(C(C)(C)C)c1O.[I-]. The fraction of sp³-hybridized carbons (Fsp3) is 0.632. The van der Waals surface area contributed by atoms with Crippen LogP contribution in [0, 0.1) is 6.92 Å². The zero-order valence-corrected chi connectivity index (χ0v) is 18.2. The maximum Gasteiger partial charge on any atom is 0.306 e. The zero-order chi connectivity index (χ0) is 17.8. The van der Waals surface area contributed by atoms with Crippen LogP contribution >= 0.6 is 0 Å². The van der Waals surface area contributed by atoms with Gasteiger partial charge in [0.2, 0.25) is 0 Å². The first-order valence-electron chi connectivity index (χ1n) is 8.19. The highest BCUT2D eigenvalue weighted by atomic mass is 127. The lowest BCUT2D eigenvalue weighted by molar-refractivity contribution is -0.870. The average Bonchev–Trinajstić information content (AvgIpc) is 2.37. The molecule has 24 heavy (non-hydrogen) atoms. The Morgan fingerprint density at radius 2 is 1.79 bits per heavy atom. The van der Waals surface area contributed by atoms with Crippen molar-refractivity contribution in [2.24, 2.45) is 0 Å². The lowest BCUT2D eigenvalue weighted by Gasteiger charge is -2.23. The van der Waals surface area contributed by atoms with Gasteiger partial charge >= 0.3 is 5.97 Å². The number of quaternary nitrogens is 1. The molecule has 0 fully saturated rings. The quantitative estimate of drug-likeness (QED) is 0.383. The minimum atomic E-state index is -0.165. The van der Waals surface area contributed by atoms with E-state index in [0.29, 0.717) is 25.2 Å². The van der Waals surface area contributed by atoms with Gasteiger partial charge in [-0.15, -0.1) is 0 Å². The van der Waals surface area contributed by atoms with E-state index in [1.54, 1.807) is 0 Å². The third-order valence-electron chi connectivity index (χ3n) is 3.81. The van der Waals surface area contributed by atoms with Crippen LogP contribution in [0.15, 0.2) is 12.1 Å². The second-order valence-electron chi connectivity index (χ2n) is 8.29. The van der Waals surface area contributed by atoms with Crippen molar-refractivity contribution in [3.05, 3.63) is 28.8 Å². The molecule has 138 valence electrons. The fourth-order valence-electron chi connectivity index (χ4n) is 2.32.